The van der Waals surface area contributed by atoms with Gasteiger partial charge in [0.05, 0.1) is 9.35 Å². The van der Waals surface area contributed by atoms with E-state index in [0.29, 0.717) is 15.1 Å². The second-order valence-corrected chi connectivity index (χ2v) is 6.14. The van der Waals surface area contributed by atoms with Crippen molar-refractivity contribution < 1.29 is 13.9 Å². The molecule has 106 valence electrons. The Morgan fingerprint density at radius 3 is 2.90 bits per heavy atom. The van der Waals surface area contributed by atoms with E-state index in [2.05, 4.69) is 21.4 Å². The highest BCUT2D eigenvalue weighted by Crippen LogP contribution is 2.25. The maximum absolute atomic E-state index is 13.3. The van der Waals surface area contributed by atoms with Crippen LogP contribution in [0.25, 0.3) is 0 Å². The Morgan fingerprint density at radius 1 is 1.50 bits per heavy atom. The lowest BCUT2D eigenvalue weighted by molar-refractivity contribution is 0.0957. The Labute approximate surface area is 127 Å². The van der Waals surface area contributed by atoms with Gasteiger partial charge in [0, 0.05) is 16.5 Å². The summed E-state index contributed by atoms with van der Waals surface area (Å²) in [6.07, 6.45) is 0. The molecule has 1 amide bonds. The first-order chi connectivity index (χ1) is 9.51. The summed E-state index contributed by atoms with van der Waals surface area (Å²) < 4.78 is 19.3. The molecule has 0 radical (unpaired) electrons. The molecule has 0 saturated carbocycles. The van der Waals surface area contributed by atoms with Gasteiger partial charge in [0.25, 0.3) is 5.91 Å². The second-order valence-electron chi connectivity index (χ2n) is 4.03. The van der Waals surface area contributed by atoms with Gasteiger partial charge in [-0.2, -0.15) is 0 Å². The highest BCUT2D eigenvalue weighted by atomic mass is 79.9. The van der Waals surface area contributed by atoms with Crippen LogP contribution in [0, 0.1) is 12.7 Å². The molecule has 2 aromatic rings. The van der Waals surface area contributed by atoms with Crippen LogP contribution in [0.4, 0.5) is 4.39 Å². The van der Waals surface area contributed by atoms with Crippen LogP contribution in [0.3, 0.4) is 0 Å². The average Bonchev–Trinajstić information content (AvgIpc) is 2.80. The molecule has 0 aliphatic heterocycles. The van der Waals surface area contributed by atoms with Crippen LogP contribution in [0.1, 0.15) is 20.1 Å². The van der Waals surface area contributed by atoms with Crippen LogP contribution in [-0.4, -0.2) is 5.91 Å². The van der Waals surface area contributed by atoms with Crippen molar-refractivity contribution in [3.05, 3.63) is 49.9 Å². The van der Waals surface area contributed by atoms with Crippen molar-refractivity contribution in [3.8, 4) is 5.75 Å². The average molecular weight is 359 g/mol. The van der Waals surface area contributed by atoms with Crippen molar-refractivity contribution in [1.29, 1.82) is 0 Å². The Kier molecular flexibility index (Phi) is 4.74. The summed E-state index contributed by atoms with van der Waals surface area (Å²) in [5, 5.41) is 0. The number of hydrogen-bond acceptors (Lipinski definition) is 4. The number of carbonyl (C=O) groups is 1. The Bertz CT molecular complexity index is 645. The number of aryl methyl sites for hydroxylation is 1. The number of thiophene rings is 1. The van der Waals surface area contributed by atoms with Crippen molar-refractivity contribution in [2.45, 2.75) is 13.5 Å². The predicted octanol–water partition coefficient (Wildman–Crippen LogP) is 3.14. The molecule has 0 spiro atoms. The minimum atomic E-state index is -0.382. The molecular formula is C13H12BrFN2O2S. The summed E-state index contributed by atoms with van der Waals surface area (Å²) >= 11 is 4.41. The van der Waals surface area contributed by atoms with Crippen LogP contribution in [0.2, 0.25) is 0 Å². The molecule has 0 saturated heterocycles. The van der Waals surface area contributed by atoms with E-state index < -0.39 is 0 Å². The van der Waals surface area contributed by atoms with Gasteiger partial charge in [0.15, 0.2) is 0 Å². The number of nitrogens with two attached hydrogens (primary N) is 1. The molecule has 7 heteroatoms. The lowest BCUT2D eigenvalue weighted by Crippen LogP contribution is -2.29. The molecule has 4 nitrogen and oxygen atoms in total. The quantitative estimate of drug-likeness (QED) is 0.501. The maximum atomic E-state index is 13.3. The van der Waals surface area contributed by atoms with Crippen molar-refractivity contribution in [2.75, 3.05) is 0 Å². The monoisotopic (exact) mass is 358 g/mol. The summed E-state index contributed by atoms with van der Waals surface area (Å²) in [5.41, 5.74) is 2.96. The van der Waals surface area contributed by atoms with Crippen LogP contribution in [0.15, 0.2) is 28.7 Å². The van der Waals surface area contributed by atoms with Crippen LogP contribution >= 0.6 is 27.3 Å². The molecule has 0 bridgehead atoms. The topological polar surface area (TPSA) is 64.4 Å². The molecular weight excluding hydrogens is 347 g/mol. The van der Waals surface area contributed by atoms with E-state index in [1.54, 1.807) is 18.2 Å². The second kappa shape index (κ2) is 6.34. The first-order valence-corrected chi connectivity index (χ1v) is 7.30. The first-order valence-electron chi connectivity index (χ1n) is 5.69. The fourth-order valence-corrected chi connectivity index (χ4v) is 2.75. The molecule has 0 unspecified atom stereocenters. The Hall–Kier alpha value is -1.44. The van der Waals surface area contributed by atoms with Crippen LogP contribution in [0.5, 0.6) is 5.75 Å². The summed E-state index contributed by atoms with van der Waals surface area (Å²) in [6.45, 7) is 2.15. The largest absolute Gasteiger partial charge is 0.489 e. The third-order valence-electron chi connectivity index (χ3n) is 2.66. The van der Waals surface area contributed by atoms with Crippen LogP contribution in [-0.2, 0) is 6.61 Å². The number of benzene rings is 1. The number of halogens is 2. The van der Waals surface area contributed by atoms with Crippen molar-refractivity contribution in [3.63, 3.8) is 0 Å². The zero-order valence-corrected chi connectivity index (χ0v) is 13.0. The number of rotatable bonds is 4. The van der Waals surface area contributed by atoms with Gasteiger partial charge in [0.1, 0.15) is 18.2 Å². The smallest absolute Gasteiger partial charge is 0.275 e. The molecule has 0 aliphatic carbocycles. The molecule has 20 heavy (non-hydrogen) atoms. The van der Waals surface area contributed by atoms with Gasteiger partial charge < -0.3 is 4.74 Å². The number of ether oxygens (including phenoxy) is 1. The fraction of sp³-hybridized carbons (Fsp3) is 0.154. The van der Waals surface area contributed by atoms with E-state index in [1.807, 2.05) is 6.92 Å². The van der Waals surface area contributed by atoms with Crippen molar-refractivity contribution >= 4 is 33.2 Å². The fourth-order valence-electron chi connectivity index (χ4n) is 1.57. The standard InChI is InChI=1S/C13H12BrFN2O2S/c1-7-8(4-12(20-7)13(18)17-16)6-19-9-2-3-10(14)11(15)5-9/h2-5H,6,16H2,1H3,(H,17,18). The normalized spacial score (nSPS) is 10.4. The third kappa shape index (κ3) is 3.36. The zero-order chi connectivity index (χ0) is 14.7. The van der Waals surface area contributed by atoms with E-state index in [4.69, 9.17) is 10.6 Å². The number of nitrogens with one attached hydrogen (secondary N) is 1. The Balaban J connectivity index is 2.08. The summed E-state index contributed by atoms with van der Waals surface area (Å²) in [5.74, 6) is 4.80. The highest BCUT2D eigenvalue weighted by Gasteiger charge is 2.12. The lowest BCUT2D eigenvalue weighted by Gasteiger charge is -2.06. The van der Waals surface area contributed by atoms with E-state index >= 15 is 0 Å². The molecule has 2 rings (SSSR count). The van der Waals surface area contributed by atoms with Gasteiger partial charge >= 0.3 is 0 Å². The van der Waals surface area contributed by atoms with Gasteiger partial charge in [-0.3, -0.25) is 10.2 Å². The number of carbonyl (C=O) groups excluding carboxylic acids is 1. The molecule has 0 fully saturated rings. The third-order valence-corrected chi connectivity index (χ3v) is 4.40. The molecule has 0 atom stereocenters. The maximum Gasteiger partial charge on any atom is 0.275 e. The number of hydrogen-bond donors (Lipinski definition) is 2. The molecule has 0 aliphatic rings. The first kappa shape index (κ1) is 15.0. The summed E-state index contributed by atoms with van der Waals surface area (Å²) in [6, 6.07) is 6.28. The van der Waals surface area contributed by atoms with Gasteiger partial charge in [0.2, 0.25) is 0 Å². The van der Waals surface area contributed by atoms with Gasteiger partial charge in [-0.15, -0.1) is 11.3 Å². The molecule has 3 N–H and O–H groups in total. The SMILES string of the molecule is Cc1sc(C(=O)NN)cc1COc1ccc(Br)c(F)c1. The lowest BCUT2D eigenvalue weighted by atomic mass is 10.2. The number of hydrazine groups is 1. The number of amides is 1. The van der Waals surface area contributed by atoms with E-state index in [1.165, 1.54) is 17.4 Å². The summed E-state index contributed by atoms with van der Waals surface area (Å²) in [4.78, 5) is 12.9. The molecule has 1 aromatic carbocycles. The summed E-state index contributed by atoms with van der Waals surface area (Å²) in [7, 11) is 0. The zero-order valence-electron chi connectivity index (χ0n) is 10.6. The van der Waals surface area contributed by atoms with Gasteiger partial charge in [-0.05, 0) is 41.1 Å². The van der Waals surface area contributed by atoms with E-state index in [-0.39, 0.29) is 18.3 Å². The molecule has 1 heterocycles. The van der Waals surface area contributed by atoms with Crippen molar-refractivity contribution in [1.82, 2.24) is 5.43 Å². The molecule has 1 aromatic heterocycles. The Morgan fingerprint density at radius 2 is 2.25 bits per heavy atom. The van der Waals surface area contributed by atoms with E-state index in [0.717, 1.165) is 10.4 Å². The van der Waals surface area contributed by atoms with E-state index in [9.17, 15) is 9.18 Å². The highest BCUT2D eigenvalue weighted by molar-refractivity contribution is 9.10. The van der Waals surface area contributed by atoms with Gasteiger partial charge in [-0.25, -0.2) is 10.2 Å². The van der Waals surface area contributed by atoms with Crippen LogP contribution < -0.4 is 16.0 Å². The van der Waals surface area contributed by atoms with Gasteiger partial charge in [-0.1, -0.05) is 0 Å². The number of nitrogen functional groups attached to an aromatic ring is 1. The minimum absolute atomic E-state index is 0.265. The van der Waals surface area contributed by atoms with Crippen molar-refractivity contribution in [2.24, 2.45) is 5.84 Å². The minimum Gasteiger partial charge on any atom is -0.489 e. The predicted molar refractivity (Wildman–Crippen MR) is 79.1 cm³/mol.